The number of aromatic nitrogens is 3. The SMILES string of the molecule is CCCNC(=O)c1cc(CC)n2nc(-c3cccs3)cc2n1. The van der Waals surface area contributed by atoms with Crippen LogP contribution in [0.2, 0.25) is 0 Å². The van der Waals surface area contributed by atoms with Crippen molar-refractivity contribution in [1.82, 2.24) is 19.9 Å². The summed E-state index contributed by atoms with van der Waals surface area (Å²) in [6, 6.07) is 7.79. The van der Waals surface area contributed by atoms with Gasteiger partial charge in [0.15, 0.2) is 5.65 Å². The van der Waals surface area contributed by atoms with Crippen molar-refractivity contribution in [2.24, 2.45) is 0 Å². The number of hydrogen-bond donors (Lipinski definition) is 1. The van der Waals surface area contributed by atoms with Gasteiger partial charge in [-0.3, -0.25) is 4.79 Å². The van der Waals surface area contributed by atoms with Gasteiger partial charge in [-0.05, 0) is 30.4 Å². The summed E-state index contributed by atoms with van der Waals surface area (Å²) < 4.78 is 1.83. The first-order valence-corrected chi connectivity index (χ1v) is 8.32. The third kappa shape index (κ3) is 2.74. The number of carbonyl (C=O) groups excluding carboxylic acids is 1. The van der Waals surface area contributed by atoms with Gasteiger partial charge in [-0.2, -0.15) is 5.10 Å². The molecule has 0 aliphatic rings. The smallest absolute Gasteiger partial charge is 0.270 e. The molecule has 22 heavy (non-hydrogen) atoms. The third-order valence-corrected chi connectivity index (χ3v) is 4.30. The topological polar surface area (TPSA) is 59.3 Å². The lowest BCUT2D eigenvalue weighted by molar-refractivity contribution is 0.0948. The second-order valence-corrected chi connectivity index (χ2v) is 5.97. The summed E-state index contributed by atoms with van der Waals surface area (Å²) in [6.45, 7) is 4.74. The lowest BCUT2D eigenvalue weighted by Crippen LogP contribution is -2.25. The van der Waals surface area contributed by atoms with Crippen LogP contribution in [0.15, 0.2) is 29.6 Å². The Hall–Kier alpha value is -2.21. The van der Waals surface area contributed by atoms with Gasteiger partial charge in [-0.1, -0.05) is 19.9 Å². The molecule has 0 aliphatic carbocycles. The highest BCUT2D eigenvalue weighted by Gasteiger charge is 2.14. The number of fused-ring (bicyclic) bond motifs is 1. The van der Waals surface area contributed by atoms with Crippen molar-refractivity contribution in [3.05, 3.63) is 41.0 Å². The number of nitrogens with one attached hydrogen (secondary N) is 1. The minimum absolute atomic E-state index is 0.127. The van der Waals surface area contributed by atoms with Gasteiger partial charge in [0, 0.05) is 18.3 Å². The Morgan fingerprint density at radius 1 is 1.36 bits per heavy atom. The van der Waals surface area contributed by atoms with Gasteiger partial charge in [0.25, 0.3) is 5.91 Å². The van der Waals surface area contributed by atoms with Crippen LogP contribution in [-0.4, -0.2) is 27.0 Å². The maximum atomic E-state index is 12.1. The zero-order valence-corrected chi connectivity index (χ0v) is 13.5. The van der Waals surface area contributed by atoms with E-state index in [2.05, 4.69) is 22.3 Å². The van der Waals surface area contributed by atoms with Crippen LogP contribution in [0.5, 0.6) is 0 Å². The molecule has 0 unspecified atom stereocenters. The molecule has 3 heterocycles. The van der Waals surface area contributed by atoms with E-state index >= 15 is 0 Å². The molecule has 3 aromatic heterocycles. The Bertz CT molecular complexity index is 792. The highest BCUT2D eigenvalue weighted by molar-refractivity contribution is 7.13. The summed E-state index contributed by atoms with van der Waals surface area (Å²) in [4.78, 5) is 17.7. The first kappa shape index (κ1) is 14.7. The van der Waals surface area contributed by atoms with Gasteiger partial charge < -0.3 is 5.32 Å². The summed E-state index contributed by atoms with van der Waals surface area (Å²) in [5.74, 6) is -0.127. The van der Waals surface area contributed by atoms with Crippen LogP contribution in [0.1, 0.15) is 36.5 Å². The summed E-state index contributed by atoms with van der Waals surface area (Å²) >= 11 is 1.64. The molecule has 0 aliphatic heterocycles. The number of thiophene rings is 1. The quantitative estimate of drug-likeness (QED) is 0.787. The minimum atomic E-state index is -0.127. The standard InChI is InChI=1S/C16H18N4OS/c1-3-7-17-16(21)13-9-11(4-2)20-15(18-13)10-12(19-20)14-6-5-8-22-14/h5-6,8-10H,3-4,7H2,1-2H3,(H,17,21). The van der Waals surface area contributed by atoms with E-state index in [1.54, 1.807) is 11.3 Å². The molecule has 0 atom stereocenters. The Morgan fingerprint density at radius 3 is 2.91 bits per heavy atom. The third-order valence-electron chi connectivity index (χ3n) is 3.41. The summed E-state index contributed by atoms with van der Waals surface area (Å²) in [5.41, 5.74) is 3.04. The molecule has 3 rings (SSSR count). The molecule has 0 saturated heterocycles. The van der Waals surface area contributed by atoms with E-state index < -0.39 is 0 Å². The van der Waals surface area contributed by atoms with E-state index in [9.17, 15) is 4.79 Å². The van der Waals surface area contributed by atoms with Crippen LogP contribution in [0.25, 0.3) is 16.2 Å². The molecule has 5 nitrogen and oxygen atoms in total. The molecular weight excluding hydrogens is 296 g/mol. The van der Waals surface area contributed by atoms with Crippen LogP contribution in [0.4, 0.5) is 0 Å². The number of amides is 1. The molecule has 3 aromatic rings. The fourth-order valence-corrected chi connectivity index (χ4v) is 2.96. The Balaban J connectivity index is 2.05. The number of rotatable bonds is 5. The number of carbonyl (C=O) groups is 1. The molecule has 0 bridgehead atoms. The van der Waals surface area contributed by atoms with Crippen molar-refractivity contribution in [1.29, 1.82) is 0 Å². The Labute approximate surface area is 133 Å². The maximum absolute atomic E-state index is 12.1. The molecule has 114 valence electrons. The van der Waals surface area contributed by atoms with Crippen molar-refractivity contribution >= 4 is 22.9 Å². The van der Waals surface area contributed by atoms with E-state index in [1.165, 1.54) is 0 Å². The van der Waals surface area contributed by atoms with Gasteiger partial charge in [0.05, 0.1) is 4.88 Å². The average Bonchev–Trinajstić information content (AvgIpc) is 3.19. The highest BCUT2D eigenvalue weighted by Crippen LogP contribution is 2.24. The van der Waals surface area contributed by atoms with Crippen LogP contribution >= 0.6 is 11.3 Å². The number of aryl methyl sites for hydroxylation is 1. The first-order valence-electron chi connectivity index (χ1n) is 7.44. The summed E-state index contributed by atoms with van der Waals surface area (Å²) in [6.07, 6.45) is 1.70. The molecule has 6 heteroatoms. The first-order chi connectivity index (χ1) is 10.7. The van der Waals surface area contributed by atoms with Crippen molar-refractivity contribution in [2.75, 3.05) is 6.54 Å². The largest absolute Gasteiger partial charge is 0.351 e. The van der Waals surface area contributed by atoms with Crippen LogP contribution in [0.3, 0.4) is 0 Å². The molecule has 0 fully saturated rings. The van der Waals surface area contributed by atoms with Crippen LogP contribution < -0.4 is 5.32 Å². The van der Waals surface area contributed by atoms with Crippen molar-refractivity contribution in [2.45, 2.75) is 26.7 Å². The van der Waals surface area contributed by atoms with E-state index in [4.69, 9.17) is 0 Å². The molecule has 0 radical (unpaired) electrons. The average molecular weight is 314 g/mol. The fraction of sp³-hybridized carbons (Fsp3) is 0.312. The van der Waals surface area contributed by atoms with Gasteiger partial charge in [-0.15, -0.1) is 11.3 Å². The minimum Gasteiger partial charge on any atom is -0.351 e. The Morgan fingerprint density at radius 2 is 2.23 bits per heavy atom. The summed E-state index contributed by atoms with van der Waals surface area (Å²) in [7, 11) is 0. The lowest BCUT2D eigenvalue weighted by atomic mass is 10.2. The lowest BCUT2D eigenvalue weighted by Gasteiger charge is -2.06. The van der Waals surface area contributed by atoms with Gasteiger partial charge in [-0.25, -0.2) is 9.50 Å². The normalized spacial score (nSPS) is 11.0. The van der Waals surface area contributed by atoms with Gasteiger partial charge in [0.1, 0.15) is 11.4 Å². The number of nitrogens with zero attached hydrogens (tertiary/aromatic N) is 3. The van der Waals surface area contributed by atoms with Crippen molar-refractivity contribution in [3.8, 4) is 10.6 Å². The predicted molar refractivity (Wildman–Crippen MR) is 88.3 cm³/mol. The maximum Gasteiger partial charge on any atom is 0.270 e. The number of hydrogen-bond acceptors (Lipinski definition) is 4. The molecule has 0 saturated carbocycles. The predicted octanol–water partition coefficient (Wildman–Crippen LogP) is 3.16. The van der Waals surface area contributed by atoms with E-state index in [1.807, 2.05) is 41.1 Å². The molecular formula is C16H18N4OS. The molecule has 0 aromatic carbocycles. The zero-order chi connectivity index (χ0) is 15.5. The van der Waals surface area contributed by atoms with Crippen molar-refractivity contribution < 1.29 is 4.79 Å². The van der Waals surface area contributed by atoms with Crippen LogP contribution in [0, 0.1) is 0 Å². The second-order valence-electron chi connectivity index (χ2n) is 5.02. The highest BCUT2D eigenvalue weighted by atomic mass is 32.1. The van der Waals surface area contributed by atoms with E-state index in [0.29, 0.717) is 17.9 Å². The Kier molecular flexibility index (Phi) is 4.20. The second kappa shape index (κ2) is 6.27. The van der Waals surface area contributed by atoms with E-state index in [0.717, 1.165) is 29.1 Å². The summed E-state index contributed by atoms with van der Waals surface area (Å²) in [5, 5.41) is 9.52. The fourth-order valence-electron chi connectivity index (χ4n) is 2.28. The molecule has 1 amide bonds. The van der Waals surface area contributed by atoms with E-state index in [-0.39, 0.29) is 5.91 Å². The molecule has 0 spiro atoms. The zero-order valence-electron chi connectivity index (χ0n) is 12.7. The monoisotopic (exact) mass is 314 g/mol. The van der Waals surface area contributed by atoms with Crippen LogP contribution in [-0.2, 0) is 6.42 Å². The molecule has 1 N–H and O–H groups in total. The van der Waals surface area contributed by atoms with Gasteiger partial charge in [0.2, 0.25) is 0 Å². The van der Waals surface area contributed by atoms with Gasteiger partial charge >= 0.3 is 0 Å². The van der Waals surface area contributed by atoms with Crippen molar-refractivity contribution in [3.63, 3.8) is 0 Å².